The Hall–Kier alpha value is -2.64. The lowest BCUT2D eigenvalue weighted by Gasteiger charge is -2.32. The average molecular weight is 455 g/mol. The average Bonchev–Trinajstić information content (AvgIpc) is 2.80. The second kappa shape index (κ2) is 10.8. The molecule has 2 aromatic carbocycles. The molecule has 0 fully saturated rings. The number of fused-ring (bicyclic) bond motifs is 7. The molecular weight excluding hydrogens is 424 g/mol. The van der Waals surface area contributed by atoms with Gasteiger partial charge < -0.3 is 19.6 Å². The van der Waals surface area contributed by atoms with E-state index in [0.29, 0.717) is 18.9 Å². The lowest BCUT2D eigenvalue weighted by Crippen LogP contribution is -2.50. The van der Waals surface area contributed by atoms with Gasteiger partial charge in [0.05, 0.1) is 6.04 Å². The van der Waals surface area contributed by atoms with Gasteiger partial charge in [-0.1, -0.05) is 31.2 Å². The number of hydrogen-bond acceptors (Lipinski definition) is 6. The van der Waals surface area contributed by atoms with Crippen molar-refractivity contribution >= 4 is 17.9 Å². The van der Waals surface area contributed by atoms with Gasteiger partial charge in [0.2, 0.25) is 0 Å². The van der Waals surface area contributed by atoms with Crippen molar-refractivity contribution < 1.29 is 19.1 Å². The van der Waals surface area contributed by atoms with Gasteiger partial charge in [0, 0.05) is 17.5 Å². The maximum atomic E-state index is 12.9. The Kier molecular flexibility index (Phi) is 7.60. The summed E-state index contributed by atoms with van der Waals surface area (Å²) in [6.07, 6.45) is 3.90. The molecule has 2 atom stereocenters. The molecule has 3 aliphatic rings. The topological polar surface area (TPSA) is 60.0 Å². The summed E-state index contributed by atoms with van der Waals surface area (Å²) < 4.78 is 11.4. The number of nitrogens with one attached hydrogen (secondary N) is 1. The molecule has 1 N–H and O–H groups in total. The SMILES string of the molecule is C=CCOC(=O)N1Oc2ccc3c(c2)-c2cccc(c2)OC[C@@H](C)NC[C@@H]1CCCCS3. The summed E-state index contributed by atoms with van der Waals surface area (Å²) in [4.78, 5) is 20.3. The molecule has 2 aromatic rings. The molecule has 0 saturated heterocycles. The van der Waals surface area contributed by atoms with E-state index in [-0.39, 0.29) is 18.7 Å². The van der Waals surface area contributed by atoms with Crippen LogP contribution in [0.2, 0.25) is 0 Å². The zero-order valence-electron chi connectivity index (χ0n) is 18.4. The Morgan fingerprint density at radius 2 is 2.19 bits per heavy atom. The van der Waals surface area contributed by atoms with Crippen LogP contribution in [0.1, 0.15) is 26.2 Å². The first kappa shape index (κ1) is 22.6. The Morgan fingerprint density at radius 1 is 1.28 bits per heavy atom. The molecule has 5 rings (SSSR count). The lowest BCUT2D eigenvalue weighted by molar-refractivity contribution is -0.0787. The van der Waals surface area contributed by atoms with Crippen LogP contribution in [0.5, 0.6) is 11.5 Å². The standard InChI is InChI=1S/C25H30N2O4S/c1-3-12-29-25(28)27-20-8-4-5-13-32-24-11-10-22(31-27)15-23(24)19-7-6-9-21(14-19)30-17-18(2)26-16-20/h3,6-7,9-11,14-15,18,20,26H,1,4-5,8,12-13,16-17H2,2H3/t18-,20+/m1/s1. The van der Waals surface area contributed by atoms with Crippen LogP contribution < -0.4 is 14.9 Å². The van der Waals surface area contributed by atoms with Gasteiger partial charge in [-0.2, -0.15) is 0 Å². The number of carbonyl (C=O) groups is 1. The fourth-order valence-corrected chi connectivity index (χ4v) is 4.89. The molecule has 3 heterocycles. The van der Waals surface area contributed by atoms with E-state index in [9.17, 15) is 4.79 Å². The van der Waals surface area contributed by atoms with Crippen LogP contribution in [-0.2, 0) is 4.74 Å². The largest absolute Gasteiger partial charge is 0.492 e. The maximum absolute atomic E-state index is 12.9. The first-order valence-corrected chi connectivity index (χ1v) is 12.1. The number of nitrogens with zero attached hydrogens (tertiary/aromatic N) is 1. The molecule has 3 aliphatic heterocycles. The number of carbonyl (C=O) groups excluding carboxylic acids is 1. The minimum absolute atomic E-state index is 0.104. The molecule has 0 aliphatic carbocycles. The summed E-state index contributed by atoms with van der Waals surface area (Å²) >= 11 is 1.86. The monoisotopic (exact) mass is 454 g/mol. The van der Waals surface area contributed by atoms with E-state index in [4.69, 9.17) is 14.3 Å². The molecule has 0 aromatic heterocycles. The molecule has 0 saturated carbocycles. The molecule has 0 unspecified atom stereocenters. The number of ether oxygens (including phenoxy) is 2. The van der Waals surface area contributed by atoms with Crippen molar-refractivity contribution in [2.24, 2.45) is 0 Å². The van der Waals surface area contributed by atoms with E-state index in [1.54, 1.807) is 6.08 Å². The number of hydroxylamine groups is 2. The Balaban J connectivity index is 1.80. The highest BCUT2D eigenvalue weighted by atomic mass is 32.2. The predicted molar refractivity (Wildman–Crippen MR) is 127 cm³/mol. The molecule has 170 valence electrons. The molecule has 7 heteroatoms. The Morgan fingerprint density at radius 3 is 3.06 bits per heavy atom. The van der Waals surface area contributed by atoms with Gasteiger partial charge in [0.25, 0.3) is 0 Å². The van der Waals surface area contributed by atoms with E-state index in [1.807, 2.05) is 36.0 Å². The van der Waals surface area contributed by atoms with Gasteiger partial charge in [-0.15, -0.1) is 16.8 Å². The summed E-state index contributed by atoms with van der Waals surface area (Å²) in [6.45, 7) is 6.96. The third-order valence-corrected chi connectivity index (χ3v) is 6.69. The van der Waals surface area contributed by atoms with Crippen LogP contribution in [0, 0.1) is 0 Å². The third kappa shape index (κ3) is 5.58. The molecule has 0 radical (unpaired) electrons. The van der Waals surface area contributed by atoms with E-state index >= 15 is 0 Å². The van der Waals surface area contributed by atoms with Crippen molar-refractivity contribution in [3.8, 4) is 22.6 Å². The fourth-order valence-electron chi connectivity index (χ4n) is 3.82. The van der Waals surface area contributed by atoms with E-state index in [0.717, 1.165) is 41.9 Å². The minimum Gasteiger partial charge on any atom is -0.492 e. The normalized spacial score (nSPS) is 21.1. The molecular formula is C25H30N2O4S. The third-order valence-electron chi connectivity index (χ3n) is 5.53. The highest BCUT2D eigenvalue weighted by Gasteiger charge is 2.29. The maximum Gasteiger partial charge on any atom is 0.443 e. The molecule has 32 heavy (non-hydrogen) atoms. The van der Waals surface area contributed by atoms with Crippen LogP contribution >= 0.6 is 11.8 Å². The number of benzene rings is 2. The van der Waals surface area contributed by atoms with Crippen molar-refractivity contribution in [2.75, 3.05) is 25.5 Å². The second-order valence-corrected chi connectivity index (χ2v) is 9.22. The van der Waals surface area contributed by atoms with Crippen molar-refractivity contribution in [3.05, 3.63) is 55.1 Å². The van der Waals surface area contributed by atoms with E-state index in [2.05, 4.69) is 37.0 Å². The van der Waals surface area contributed by atoms with Gasteiger partial charge in [0.1, 0.15) is 19.0 Å². The molecule has 0 spiro atoms. The number of hydrogen-bond donors (Lipinski definition) is 1. The number of rotatable bonds is 2. The van der Waals surface area contributed by atoms with Crippen molar-refractivity contribution in [1.29, 1.82) is 0 Å². The van der Waals surface area contributed by atoms with E-state index < -0.39 is 6.09 Å². The lowest BCUT2D eigenvalue weighted by atomic mass is 10.0. The molecule has 1 amide bonds. The number of thioether (sulfide) groups is 1. The summed E-state index contributed by atoms with van der Waals surface area (Å²) in [7, 11) is 0. The van der Waals surface area contributed by atoms with Gasteiger partial charge in [-0.05, 0) is 67.0 Å². The van der Waals surface area contributed by atoms with Gasteiger partial charge in [-0.25, -0.2) is 4.79 Å². The van der Waals surface area contributed by atoms with Crippen molar-refractivity contribution in [1.82, 2.24) is 10.4 Å². The summed E-state index contributed by atoms with van der Waals surface area (Å²) in [5, 5.41) is 4.89. The van der Waals surface area contributed by atoms with Crippen LogP contribution in [0.15, 0.2) is 60.0 Å². The molecule has 6 nitrogen and oxygen atoms in total. The zero-order chi connectivity index (χ0) is 22.3. The number of amides is 1. The first-order chi connectivity index (χ1) is 15.6. The molecule has 6 bridgehead atoms. The smallest absolute Gasteiger partial charge is 0.443 e. The highest BCUT2D eigenvalue weighted by Crippen LogP contribution is 2.37. The van der Waals surface area contributed by atoms with Crippen LogP contribution in [0.25, 0.3) is 11.1 Å². The van der Waals surface area contributed by atoms with E-state index in [1.165, 1.54) is 9.96 Å². The second-order valence-electron chi connectivity index (χ2n) is 8.09. The van der Waals surface area contributed by atoms with Gasteiger partial charge in [-0.3, -0.25) is 0 Å². The van der Waals surface area contributed by atoms with Crippen molar-refractivity contribution in [3.63, 3.8) is 0 Å². The quantitative estimate of drug-likeness (QED) is 0.623. The van der Waals surface area contributed by atoms with Gasteiger partial charge in [0.15, 0.2) is 5.75 Å². The van der Waals surface area contributed by atoms with Crippen molar-refractivity contribution in [2.45, 2.75) is 43.2 Å². The summed E-state index contributed by atoms with van der Waals surface area (Å²) in [5.74, 6) is 2.46. The summed E-state index contributed by atoms with van der Waals surface area (Å²) in [5.41, 5.74) is 2.13. The Bertz CT molecular complexity index is 951. The fraction of sp³-hybridized carbons (Fsp3) is 0.400. The zero-order valence-corrected chi connectivity index (χ0v) is 19.2. The Labute approximate surface area is 193 Å². The van der Waals surface area contributed by atoms with Gasteiger partial charge >= 0.3 is 6.09 Å². The highest BCUT2D eigenvalue weighted by molar-refractivity contribution is 7.99. The first-order valence-electron chi connectivity index (χ1n) is 11.1. The van der Waals surface area contributed by atoms with Crippen LogP contribution in [-0.4, -0.2) is 48.8 Å². The minimum atomic E-state index is -0.508. The predicted octanol–water partition coefficient (Wildman–Crippen LogP) is 5.29. The summed E-state index contributed by atoms with van der Waals surface area (Å²) in [6, 6.07) is 14.0. The van der Waals surface area contributed by atoms with Crippen LogP contribution in [0.3, 0.4) is 0 Å². The van der Waals surface area contributed by atoms with Crippen LogP contribution in [0.4, 0.5) is 4.79 Å².